The van der Waals surface area contributed by atoms with E-state index in [0.717, 1.165) is 11.3 Å². The smallest absolute Gasteiger partial charge is 0.0450 e. The molecule has 0 saturated carbocycles. The Morgan fingerprint density at radius 1 is 0.450 bits per heavy atom. The summed E-state index contributed by atoms with van der Waals surface area (Å²) in [5, 5.41) is 5.04. The van der Waals surface area contributed by atoms with Crippen molar-refractivity contribution < 1.29 is 0 Å². The maximum Gasteiger partial charge on any atom is 0.0450 e. The van der Waals surface area contributed by atoms with Gasteiger partial charge in [-0.25, -0.2) is 0 Å². The SMILES string of the molecule is Cc1cc(-c2c3ccccc3c(-c3ccc(-c4cccnc4C)cc3)c3ccccc23)ccc1-c1cccnc1. The van der Waals surface area contributed by atoms with Crippen LogP contribution < -0.4 is 0 Å². The van der Waals surface area contributed by atoms with Gasteiger partial charge >= 0.3 is 0 Å². The Kier molecular flexibility index (Phi) is 5.94. The number of pyridine rings is 2. The third-order valence-electron chi connectivity index (χ3n) is 7.91. The van der Waals surface area contributed by atoms with Gasteiger partial charge in [0.15, 0.2) is 0 Å². The molecular weight excluding hydrogens is 484 g/mol. The molecule has 0 aliphatic carbocycles. The molecule has 0 N–H and O–H groups in total. The summed E-state index contributed by atoms with van der Waals surface area (Å²) in [5.74, 6) is 0. The molecule has 2 heteroatoms. The normalized spacial score (nSPS) is 11.2. The van der Waals surface area contributed by atoms with Gasteiger partial charge in [-0.15, -0.1) is 0 Å². The first-order valence-corrected chi connectivity index (χ1v) is 13.7. The van der Waals surface area contributed by atoms with E-state index < -0.39 is 0 Å². The van der Waals surface area contributed by atoms with E-state index >= 15 is 0 Å². The van der Waals surface area contributed by atoms with Crippen molar-refractivity contribution in [3.8, 4) is 44.5 Å². The van der Waals surface area contributed by atoms with E-state index in [0.29, 0.717) is 0 Å². The van der Waals surface area contributed by atoms with Gasteiger partial charge in [-0.3, -0.25) is 9.97 Å². The summed E-state index contributed by atoms with van der Waals surface area (Å²) in [7, 11) is 0. The number of aryl methyl sites for hydroxylation is 2. The highest BCUT2D eigenvalue weighted by atomic mass is 14.7. The second-order valence-corrected chi connectivity index (χ2v) is 10.3. The fourth-order valence-corrected chi connectivity index (χ4v) is 6.02. The number of hydrogen-bond acceptors (Lipinski definition) is 2. The predicted molar refractivity (Wildman–Crippen MR) is 168 cm³/mol. The first-order valence-electron chi connectivity index (χ1n) is 13.7. The fraction of sp³-hybridized carbons (Fsp3) is 0.0526. The Bertz CT molecular complexity index is 1950. The van der Waals surface area contributed by atoms with Gasteiger partial charge in [0.25, 0.3) is 0 Å². The molecule has 40 heavy (non-hydrogen) atoms. The van der Waals surface area contributed by atoms with Gasteiger partial charge in [-0.2, -0.15) is 0 Å². The van der Waals surface area contributed by atoms with Crippen molar-refractivity contribution in [1.82, 2.24) is 9.97 Å². The average Bonchev–Trinajstić information content (AvgIpc) is 3.00. The van der Waals surface area contributed by atoms with Crippen molar-refractivity contribution in [2.24, 2.45) is 0 Å². The zero-order valence-corrected chi connectivity index (χ0v) is 22.6. The highest BCUT2D eigenvalue weighted by molar-refractivity contribution is 6.21. The number of nitrogens with zero attached hydrogens (tertiary/aromatic N) is 2. The van der Waals surface area contributed by atoms with Crippen LogP contribution in [0.2, 0.25) is 0 Å². The Hall–Kier alpha value is -5.08. The van der Waals surface area contributed by atoms with Crippen molar-refractivity contribution in [2.75, 3.05) is 0 Å². The third-order valence-corrected chi connectivity index (χ3v) is 7.91. The molecule has 0 radical (unpaired) electrons. The summed E-state index contributed by atoms with van der Waals surface area (Å²) in [6.45, 7) is 4.25. The standard InChI is InChI=1S/C38H28N2/c1-25-23-29(19-20-31(25)30-9-7-21-39-24-30)38-35-12-5-3-10-33(35)37(34-11-4-6-13-36(34)38)28-17-15-27(16-18-28)32-14-8-22-40-26(32)2/h3-24H,1-2H3. The van der Waals surface area contributed by atoms with E-state index in [4.69, 9.17) is 0 Å². The molecular formula is C38H28N2. The van der Waals surface area contributed by atoms with Crippen molar-refractivity contribution in [3.63, 3.8) is 0 Å². The van der Waals surface area contributed by atoms with Crippen LogP contribution in [-0.2, 0) is 0 Å². The maximum atomic E-state index is 4.48. The van der Waals surface area contributed by atoms with Gasteiger partial charge in [0.2, 0.25) is 0 Å². The van der Waals surface area contributed by atoms with Crippen LogP contribution >= 0.6 is 0 Å². The van der Waals surface area contributed by atoms with Gasteiger partial charge in [0.1, 0.15) is 0 Å². The number of hydrogen-bond donors (Lipinski definition) is 0. The molecule has 0 amide bonds. The molecule has 5 aromatic carbocycles. The maximum absolute atomic E-state index is 4.48. The Labute approximate surface area is 234 Å². The summed E-state index contributed by atoms with van der Waals surface area (Å²) in [5.41, 5.74) is 12.0. The molecule has 190 valence electrons. The van der Waals surface area contributed by atoms with Crippen molar-refractivity contribution in [1.29, 1.82) is 0 Å². The van der Waals surface area contributed by atoms with E-state index in [9.17, 15) is 0 Å². The summed E-state index contributed by atoms with van der Waals surface area (Å²) in [6.07, 6.45) is 5.60. The zero-order valence-electron chi connectivity index (χ0n) is 22.6. The monoisotopic (exact) mass is 512 g/mol. The molecule has 0 unspecified atom stereocenters. The topological polar surface area (TPSA) is 25.8 Å². The molecule has 0 atom stereocenters. The van der Waals surface area contributed by atoms with Crippen LogP contribution in [0.5, 0.6) is 0 Å². The van der Waals surface area contributed by atoms with Crippen LogP contribution in [0.25, 0.3) is 66.1 Å². The van der Waals surface area contributed by atoms with Crippen molar-refractivity contribution in [2.45, 2.75) is 13.8 Å². The second-order valence-electron chi connectivity index (χ2n) is 10.3. The van der Waals surface area contributed by atoms with Gasteiger partial charge in [-0.1, -0.05) is 103 Å². The van der Waals surface area contributed by atoms with E-state index in [2.05, 4.69) is 127 Å². The Balaban J connectivity index is 1.44. The van der Waals surface area contributed by atoms with Crippen LogP contribution in [0, 0.1) is 13.8 Å². The van der Waals surface area contributed by atoms with Gasteiger partial charge < -0.3 is 0 Å². The lowest BCUT2D eigenvalue weighted by Crippen LogP contribution is -1.92. The average molecular weight is 513 g/mol. The van der Waals surface area contributed by atoms with Crippen molar-refractivity contribution >= 4 is 21.5 Å². The molecule has 0 fully saturated rings. The number of aromatic nitrogens is 2. The number of benzene rings is 5. The summed E-state index contributed by atoms with van der Waals surface area (Å²) < 4.78 is 0. The second kappa shape index (κ2) is 9.91. The lowest BCUT2D eigenvalue weighted by molar-refractivity contribution is 1.20. The minimum absolute atomic E-state index is 1.04. The molecule has 0 aliphatic heterocycles. The first-order chi connectivity index (χ1) is 19.7. The molecule has 7 aromatic rings. The van der Waals surface area contributed by atoms with E-state index in [1.807, 2.05) is 30.7 Å². The van der Waals surface area contributed by atoms with Crippen LogP contribution in [0.3, 0.4) is 0 Å². The third kappa shape index (κ3) is 4.06. The summed E-state index contributed by atoms with van der Waals surface area (Å²) in [4.78, 5) is 8.81. The Morgan fingerprint density at radius 2 is 1.02 bits per heavy atom. The van der Waals surface area contributed by atoms with Crippen LogP contribution in [0.1, 0.15) is 11.3 Å². The lowest BCUT2D eigenvalue weighted by atomic mass is 9.85. The zero-order chi connectivity index (χ0) is 27.1. The fourth-order valence-electron chi connectivity index (χ4n) is 6.02. The quantitative estimate of drug-likeness (QED) is 0.219. The highest BCUT2D eigenvalue weighted by Gasteiger charge is 2.17. The molecule has 7 rings (SSSR count). The van der Waals surface area contributed by atoms with Gasteiger partial charge in [0, 0.05) is 35.4 Å². The highest BCUT2D eigenvalue weighted by Crippen LogP contribution is 2.44. The van der Waals surface area contributed by atoms with Gasteiger partial charge in [0.05, 0.1) is 0 Å². The number of fused-ring (bicyclic) bond motifs is 2. The lowest BCUT2D eigenvalue weighted by Gasteiger charge is -2.19. The Morgan fingerprint density at radius 3 is 1.60 bits per heavy atom. The van der Waals surface area contributed by atoms with Crippen LogP contribution in [0.15, 0.2) is 134 Å². The summed E-state index contributed by atoms with van der Waals surface area (Å²) in [6, 6.07) is 41.6. The predicted octanol–water partition coefficient (Wildman–Crippen LogP) is 10.1. The molecule has 0 spiro atoms. The summed E-state index contributed by atoms with van der Waals surface area (Å²) >= 11 is 0. The minimum atomic E-state index is 1.04. The molecule has 0 saturated heterocycles. The van der Waals surface area contributed by atoms with Crippen molar-refractivity contribution in [3.05, 3.63) is 145 Å². The van der Waals surface area contributed by atoms with Crippen LogP contribution in [0.4, 0.5) is 0 Å². The van der Waals surface area contributed by atoms with Crippen LogP contribution in [-0.4, -0.2) is 9.97 Å². The largest absolute Gasteiger partial charge is 0.264 e. The minimum Gasteiger partial charge on any atom is -0.264 e. The van der Waals surface area contributed by atoms with E-state index in [1.165, 1.54) is 66.1 Å². The van der Waals surface area contributed by atoms with E-state index in [-0.39, 0.29) is 0 Å². The molecule has 2 nitrogen and oxygen atoms in total. The number of rotatable bonds is 4. The first kappa shape index (κ1) is 24.0. The van der Waals surface area contributed by atoms with E-state index in [1.54, 1.807) is 0 Å². The molecule has 2 aromatic heterocycles. The molecule has 0 aliphatic rings. The molecule has 2 heterocycles. The van der Waals surface area contributed by atoms with Gasteiger partial charge in [-0.05, 0) is 86.5 Å². The molecule has 0 bridgehead atoms.